The molecule has 0 fully saturated rings. The van der Waals surface area contributed by atoms with Gasteiger partial charge in [-0.25, -0.2) is 0 Å². The second-order valence-corrected chi connectivity index (χ2v) is 25.1. The molecule has 0 unspecified atom stereocenters. The van der Waals surface area contributed by atoms with E-state index in [4.69, 9.17) is 0 Å². The number of hydrogen-bond acceptors (Lipinski definition) is 0. The van der Waals surface area contributed by atoms with E-state index in [0.29, 0.717) is 0 Å². The second-order valence-electron chi connectivity index (χ2n) is 6.29. The van der Waals surface area contributed by atoms with Gasteiger partial charge in [0.15, 0.2) is 0 Å². The monoisotopic (exact) mass is 360 g/mol. The Balaban J connectivity index is 2.65. The van der Waals surface area contributed by atoms with Crippen LogP contribution in [0.2, 0.25) is 29.5 Å². The molecule has 2 rings (SSSR count). The van der Waals surface area contributed by atoms with Gasteiger partial charge in [0.05, 0.1) is 0 Å². The van der Waals surface area contributed by atoms with E-state index in [1.165, 1.54) is 12.1 Å². The van der Waals surface area contributed by atoms with Gasteiger partial charge in [-0.3, -0.25) is 0 Å². The SMILES string of the molecule is C[Si](C)(C)[C]1=Cc2cc(F)c(F)c[c]2[Sn]1([CH3])[CH3]. The molecule has 1 aliphatic rings. The van der Waals surface area contributed by atoms with Gasteiger partial charge in [0.1, 0.15) is 0 Å². The van der Waals surface area contributed by atoms with E-state index in [1.807, 2.05) is 0 Å². The predicted molar refractivity (Wildman–Crippen MR) is 74.8 cm³/mol. The van der Waals surface area contributed by atoms with Crippen molar-refractivity contribution in [3.05, 3.63) is 32.5 Å². The van der Waals surface area contributed by atoms with Crippen LogP contribution in [0.15, 0.2) is 15.3 Å². The maximum absolute atomic E-state index is 13.4. The Hall–Kier alpha value is -0.164. The van der Waals surface area contributed by atoms with Crippen molar-refractivity contribution in [3.8, 4) is 0 Å². The van der Waals surface area contributed by atoms with E-state index >= 15 is 0 Å². The van der Waals surface area contributed by atoms with Crippen molar-refractivity contribution in [2.45, 2.75) is 29.5 Å². The Kier molecular flexibility index (Phi) is 3.06. The number of rotatable bonds is 1. The summed E-state index contributed by atoms with van der Waals surface area (Å²) in [5, 5.41) is 0. The topological polar surface area (TPSA) is 0 Å². The van der Waals surface area contributed by atoms with Crippen LogP contribution in [0.5, 0.6) is 0 Å². The molecule has 1 aliphatic heterocycles. The molecule has 0 bridgehead atoms. The van der Waals surface area contributed by atoms with Crippen molar-refractivity contribution < 1.29 is 8.78 Å². The zero-order valence-corrected chi connectivity index (χ0v) is 14.8. The van der Waals surface area contributed by atoms with Gasteiger partial charge < -0.3 is 0 Å². The van der Waals surface area contributed by atoms with Crippen LogP contribution in [0.25, 0.3) is 6.08 Å². The van der Waals surface area contributed by atoms with Crippen LogP contribution in [0.3, 0.4) is 0 Å². The first-order valence-electron chi connectivity index (χ1n) is 5.86. The van der Waals surface area contributed by atoms with Crippen LogP contribution < -0.4 is 3.58 Å². The summed E-state index contributed by atoms with van der Waals surface area (Å²) < 4.78 is 29.4. The third-order valence-corrected chi connectivity index (χ3v) is 25.3. The van der Waals surface area contributed by atoms with Crippen molar-refractivity contribution >= 4 is 36.1 Å². The number of benzene rings is 1. The van der Waals surface area contributed by atoms with Crippen molar-refractivity contribution in [1.82, 2.24) is 0 Å². The molecule has 0 nitrogen and oxygen atoms in total. The molecule has 17 heavy (non-hydrogen) atoms. The summed E-state index contributed by atoms with van der Waals surface area (Å²) in [5.41, 5.74) is 0.933. The normalized spacial score (nSPS) is 17.9. The van der Waals surface area contributed by atoms with Crippen LogP contribution in [0, 0.1) is 11.6 Å². The Labute approximate surface area is 107 Å². The summed E-state index contributed by atoms with van der Waals surface area (Å²) in [7, 11) is -1.38. The summed E-state index contributed by atoms with van der Waals surface area (Å²) in [5.74, 6) is -1.42. The van der Waals surface area contributed by atoms with Crippen LogP contribution in [0.4, 0.5) is 8.78 Å². The molecule has 0 N–H and O–H groups in total. The predicted octanol–water partition coefficient (Wildman–Crippen LogP) is 3.69. The molecule has 1 heterocycles. The van der Waals surface area contributed by atoms with Gasteiger partial charge in [-0.2, -0.15) is 0 Å². The third kappa shape index (κ3) is 2.12. The second kappa shape index (κ2) is 3.92. The summed E-state index contributed by atoms with van der Waals surface area (Å²) in [6.07, 6.45) is 2.15. The van der Waals surface area contributed by atoms with Gasteiger partial charge in [-0.15, -0.1) is 0 Å². The summed E-state index contributed by atoms with van der Waals surface area (Å²) in [6, 6.07) is 2.82. The van der Waals surface area contributed by atoms with E-state index in [1.54, 1.807) is 3.21 Å². The van der Waals surface area contributed by atoms with Crippen molar-refractivity contribution in [2.75, 3.05) is 0 Å². The van der Waals surface area contributed by atoms with E-state index in [9.17, 15) is 8.78 Å². The Morgan fingerprint density at radius 1 is 1.00 bits per heavy atom. The molecule has 0 saturated heterocycles. The number of halogens is 2. The Morgan fingerprint density at radius 2 is 1.53 bits per heavy atom. The third-order valence-electron chi connectivity index (χ3n) is 3.55. The fourth-order valence-electron chi connectivity index (χ4n) is 2.86. The molecule has 0 spiro atoms. The molecule has 0 atom stereocenters. The molecule has 1 aromatic rings. The average molecular weight is 359 g/mol. The molecule has 1 aromatic carbocycles. The Bertz CT molecular complexity index is 513. The van der Waals surface area contributed by atoms with Gasteiger partial charge in [0.25, 0.3) is 0 Å². The molecule has 0 saturated carbocycles. The van der Waals surface area contributed by atoms with Gasteiger partial charge in [0.2, 0.25) is 0 Å². The van der Waals surface area contributed by atoms with Gasteiger partial charge in [-0.1, -0.05) is 0 Å². The van der Waals surface area contributed by atoms with Crippen molar-refractivity contribution in [1.29, 1.82) is 0 Å². The van der Waals surface area contributed by atoms with Crippen LogP contribution in [-0.4, -0.2) is 26.5 Å². The van der Waals surface area contributed by atoms with E-state index < -0.39 is 38.1 Å². The summed E-state index contributed by atoms with van der Waals surface area (Å²) in [4.78, 5) is 4.61. The summed E-state index contributed by atoms with van der Waals surface area (Å²) >= 11 is -2.58. The number of hydrogen-bond donors (Lipinski definition) is 0. The van der Waals surface area contributed by atoms with Crippen molar-refractivity contribution in [2.24, 2.45) is 0 Å². The Morgan fingerprint density at radius 3 is 2.06 bits per heavy atom. The minimum absolute atomic E-state index is 0.696. The zero-order chi connectivity index (χ0) is 13.0. The first kappa shape index (κ1) is 13.3. The fraction of sp³-hybridized carbons (Fsp3) is 0.385. The summed E-state index contributed by atoms with van der Waals surface area (Å²) in [6.45, 7) is 6.95. The molecule has 92 valence electrons. The molecule has 4 heteroatoms. The van der Waals surface area contributed by atoms with Crippen LogP contribution >= 0.6 is 0 Å². The van der Waals surface area contributed by atoms with Gasteiger partial charge in [-0.05, 0) is 0 Å². The van der Waals surface area contributed by atoms with Crippen LogP contribution in [-0.2, 0) is 0 Å². The molecule has 0 aromatic heterocycles. The van der Waals surface area contributed by atoms with E-state index in [0.717, 1.165) is 9.14 Å². The standard InChI is InChI=1S/C11H12F2Si.2CH3.Sn/c1-14(2,3)7-6-9-4-5-10(12)11(13)8-9;;;/h5-6,8H,1-3H3;2*1H3;. The average Bonchev–Trinajstić information content (AvgIpc) is 2.40. The minimum atomic E-state index is -2.58. The zero-order valence-electron chi connectivity index (χ0n) is 11.0. The molecular weight excluding hydrogens is 341 g/mol. The van der Waals surface area contributed by atoms with E-state index in [-0.39, 0.29) is 0 Å². The fourth-order valence-corrected chi connectivity index (χ4v) is 28.4. The van der Waals surface area contributed by atoms with Gasteiger partial charge >= 0.3 is 107 Å². The molecule has 0 amide bonds. The first-order valence-corrected chi connectivity index (χ1v) is 17.9. The van der Waals surface area contributed by atoms with Crippen molar-refractivity contribution in [3.63, 3.8) is 0 Å². The molecule has 0 radical (unpaired) electrons. The quantitative estimate of drug-likeness (QED) is 0.671. The molecule has 0 aliphatic carbocycles. The maximum atomic E-state index is 13.4. The van der Waals surface area contributed by atoms with Gasteiger partial charge in [0, 0.05) is 0 Å². The number of fused-ring (bicyclic) bond motifs is 1. The first-order chi connectivity index (χ1) is 7.64. The van der Waals surface area contributed by atoms with Crippen LogP contribution in [0.1, 0.15) is 5.56 Å². The van der Waals surface area contributed by atoms with E-state index in [2.05, 4.69) is 35.6 Å². The molecular formula is C13H18F2SiSn.